The number of aliphatic imine (C=N–C) groups is 1. The van der Waals surface area contributed by atoms with Crippen molar-refractivity contribution in [2.75, 3.05) is 18.4 Å². The summed E-state index contributed by atoms with van der Waals surface area (Å²) in [6.45, 7) is 0.674. The number of likely N-dealkylation sites (tertiary alicyclic amines) is 1. The number of guanidine groups is 1. The van der Waals surface area contributed by atoms with E-state index in [0.29, 0.717) is 12.2 Å². The zero-order valence-electron chi connectivity index (χ0n) is 14.2. The zero-order chi connectivity index (χ0) is 18.5. The van der Waals surface area contributed by atoms with Crippen LogP contribution in [0.2, 0.25) is 0 Å². The van der Waals surface area contributed by atoms with Crippen molar-refractivity contribution in [3.63, 3.8) is 0 Å². The molecule has 0 spiro atoms. The Morgan fingerprint density at radius 1 is 0.962 bits per heavy atom. The van der Waals surface area contributed by atoms with E-state index in [9.17, 15) is 9.59 Å². The highest BCUT2D eigenvalue weighted by Gasteiger charge is 2.40. The summed E-state index contributed by atoms with van der Waals surface area (Å²) in [5.41, 5.74) is 12.4. The minimum atomic E-state index is -0.485. The molecule has 2 aromatic carbocycles. The van der Waals surface area contributed by atoms with Crippen LogP contribution in [0.25, 0.3) is 0 Å². The SMILES string of the molecule is NC(N)=NC(=O)[C@H]1CN(C(=O)Nc2ccccc2)C[C@@H]1c1ccccc1. The first-order valence-electron chi connectivity index (χ1n) is 8.34. The van der Waals surface area contributed by atoms with Gasteiger partial charge >= 0.3 is 6.03 Å². The molecule has 5 N–H and O–H groups in total. The average molecular weight is 351 g/mol. The predicted molar refractivity (Wildman–Crippen MR) is 101 cm³/mol. The molecule has 0 unspecified atom stereocenters. The Kier molecular flexibility index (Phi) is 5.17. The summed E-state index contributed by atoms with van der Waals surface area (Å²) in [6.07, 6.45) is 0. The predicted octanol–water partition coefficient (Wildman–Crippen LogP) is 1.73. The lowest BCUT2D eigenvalue weighted by Gasteiger charge is -2.17. The summed E-state index contributed by atoms with van der Waals surface area (Å²) >= 11 is 0. The Morgan fingerprint density at radius 2 is 1.58 bits per heavy atom. The van der Waals surface area contributed by atoms with E-state index >= 15 is 0 Å². The quantitative estimate of drug-likeness (QED) is 0.577. The third-order valence-corrected chi connectivity index (χ3v) is 4.42. The van der Waals surface area contributed by atoms with Gasteiger partial charge in [0.2, 0.25) is 0 Å². The number of nitrogens with zero attached hydrogens (tertiary/aromatic N) is 2. The summed E-state index contributed by atoms with van der Waals surface area (Å²) in [5.74, 6) is -1.32. The summed E-state index contributed by atoms with van der Waals surface area (Å²) in [5, 5.41) is 2.85. The van der Waals surface area contributed by atoms with Crippen LogP contribution in [0.3, 0.4) is 0 Å². The zero-order valence-corrected chi connectivity index (χ0v) is 14.2. The molecule has 1 aliphatic heterocycles. The normalized spacial score (nSPS) is 19.0. The van der Waals surface area contributed by atoms with Crippen molar-refractivity contribution in [1.82, 2.24) is 4.90 Å². The van der Waals surface area contributed by atoms with E-state index in [1.165, 1.54) is 0 Å². The van der Waals surface area contributed by atoms with Gasteiger partial charge in [0.15, 0.2) is 5.96 Å². The second-order valence-corrected chi connectivity index (χ2v) is 6.20. The van der Waals surface area contributed by atoms with Crippen molar-refractivity contribution in [1.29, 1.82) is 0 Å². The fourth-order valence-corrected chi connectivity index (χ4v) is 3.19. The number of urea groups is 1. The number of benzene rings is 2. The van der Waals surface area contributed by atoms with Crippen molar-refractivity contribution in [2.24, 2.45) is 22.4 Å². The van der Waals surface area contributed by atoms with Gasteiger partial charge in [-0.05, 0) is 17.7 Å². The summed E-state index contributed by atoms with van der Waals surface area (Å²) in [7, 11) is 0. The van der Waals surface area contributed by atoms with Crippen molar-refractivity contribution < 1.29 is 9.59 Å². The highest BCUT2D eigenvalue weighted by molar-refractivity contribution is 5.95. The molecule has 1 saturated heterocycles. The van der Waals surface area contributed by atoms with E-state index in [1.54, 1.807) is 4.90 Å². The van der Waals surface area contributed by atoms with Gasteiger partial charge in [-0.25, -0.2) is 4.79 Å². The molecule has 134 valence electrons. The molecular formula is C19H21N5O2. The maximum Gasteiger partial charge on any atom is 0.321 e. The third kappa shape index (κ3) is 4.00. The summed E-state index contributed by atoms with van der Waals surface area (Å²) < 4.78 is 0. The lowest BCUT2D eigenvalue weighted by molar-refractivity contribution is -0.121. The molecule has 3 rings (SSSR count). The number of nitrogens with one attached hydrogen (secondary N) is 1. The van der Waals surface area contributed by atoms with Gasteiger partial charge in [0.1, 0.15) is 0 Å². The molecule has 1 heterocycles. The fraction of sp³-hybridized carbons (Fsp3) is 0.211. The van der Waals surface area contributed by atoms with Crippen molar-refractivity contribution in [3.05, 3.63) is 66.2 Å². The van der Waals surface area contributed by atoms with E-state index in [4.69, 9.17) is 11.5 Å². The van der Waals surface area contributed by atoms with Gasteiger partial charge in [0, 0.05) is 24.7 Å². The number of amides is 3. The van der Waals surface area contributed by atoms with E-state index < -0.39 is 11.8 Å². The molecule has 0 bridgehead atoms. The van der Waals surface area contributed by atoms with Gasteiger partial charge in [0.25, 0.3) is 5.91 Å². The number of para-hydroxylation sites is 1. The molecule has 2 aromatic rings. The van der Waals surface area contributed by atoms with Crippen LogP contribution in [0.5, 0.6) is 0 Å². The average Bonchev–Trinajstić information content (AvgIpc) is 3.08. The maximum atomic E-state index is 12.6. The van der Waals surface area contributed by atoms with E-state index in [0.717, 1.165) is 5.56 Å². The van der Waals surface area contributed by atoms with Crippen LogP contribution in [0.15, 0.2) is 65.7 Å². The highest BCUT2D eigenvalue weighted by atomic mass is 16.2. The second kappa shape index (κ2) is 7.69. The van der Waals surface area contributed by atoms with Gasteiger partial charge < -0.3 is 21.7 Å². The van der Waals surface area contributed by atoms with Gasteiger partial charge in [-0.2, -0.15) is 4.99 Å². The number of anilines is 1. The van der Waals surface area contributed by atoms with E-state index in [-0.39, 0.29) is 24.5 Å². The monoisotopic (exact) mass is 351 g/mol. The first kappa shape index (κ1) is 17.5. The fourth-order valence-electron chi connectivity index (χ4n) is 3.19. The van der Waals surface area contributed by atoms with Crippen molar-refractivity contribution in [2.45, 2.75) is 5.92 Å². The van der Waals surface area contributed by atoms with Gasteiger partial charge in [-0.3, -0.25) is 4.79 Å². The smallest absolute Gasteiger partial charge is 0.321 e. The van der Waals surface area contributed by atoms with Gasteiger partial charge in [-0.15, -0.1) is 0 Å². The molecule has 1 aliphatic rings. The summed E-state index contributed by atoms with van der Waals surface area (Å²) in [6, 6.07) is 18.5. The van der Waals surface area contributed by atoms with Crippen molar-refractivity contribution >= 4 is 23.6 Å². The molecule has 7 heteroatoms. The Morgan fingerprint density at radius 3 is 2.19 bits per heavy atom. The van der Waals surface area contributed by atoms with Crippen LogP contribution in [-0.4, -0.2) is 35.9 Å². The Labute approximate surface area is 151 Å². The lowest BCUT2D eigenvalue weighted by Crippen LogP contribution is -2.34. The van der Waals surface area contributed by atoms with Crippen LogP contribution in [0, 0.1) is 5.92 Å². The molecule has 7 nitrogen and oxygen atoms in total. The molecule has 3 amide bonds. The van der Waals surface area contributed by atoms with Gasteiger partial charge in [-0.1, -0.05) is 48.5 Å². The lowest BCUT2D eigenvalue weighted by atomic mass is 9.88. The van der Waals surface area contributed by atoms with Crippen LogP contribution < -0.4 is 16.8 Å². The number of hydrogen-bond donors (Lipinski definition) is 3. The van der Waals surface area contributed by atoms with Gasteiger partial charge in [0.05, 0.1) is 5.92 Å². The molecule has 0 radical (unpaired) electrons. The number of carbonyl (C=O) groups is 2. The number of hydrogen-bond acceptors (Lipinski definition) is 2. The van der Waals surface area contributed by atoms with Crippen LogP contribution >= 0.6 is 0 Å². The largest absolute Gasteiger partial charge is 0.370 e. The molecular weight excluding hydrogens is 330 g/mol. The highest BCUT2D eigenvalue weighted by Crippen LogP contribution is 2.33. The number of rotatable bonds is 3. The maximum absolute atomic E-state index is 12.6. The minimum Gasteiger partial charge on any atom is -0.370 e. The Balaban J connectivity index is 1.80. The van der Waals surface area contributed by atoms with E-state index in [1.807, 2.05) is 60.7 Å². The van der Waals surface area contributed by atoms with E-state index in [2.05, 4.69) is 10.3 Å². The molecule has 26 heavy (non-hydrogen) atoms. The Bertz CT molecular complexity index is 803. The van der Waals surface area contributed by atoms with Crippen LogP contribution in [-0.2, 0) is 4.79 Å². The third-order valence-electron chi connectivity index (χ3n) is 4.42. The molecule has 0 aromatic heterocycles. The topological polar surface area (TPSA) is 114 Å². The standard InChI is InChI=1S/C19H21N5O2/c20-18(21)23-17(25)16-12-24(11-15(16)13-7-3-1-4-8-13)19(26)22-14-9-5-2-6-10-14/h1-10,15-16H,11-12H2,(H,22,26)(H4,20,21,23,25)/t15-,16+/m1/s1. The molecule has 2 atom stereocenters. The molecule has 1 fully saturated rings. The molecule has 0 aliphatic carbocycles. The molecule has 0 saturated carbocycles. The second-order valence-electron chi connectivity index (χ2n) is 6.20. The van der Waals surface area contributed by atoms with Crippen molar-refractivity contribution in [3.8, 4) is 0 Å². The summed E-state index contributed by atoms with van der Waals surface area (Å²) in [4.78, 5) is 30.4. The number of nitrogens with two attached hydrogens (primary N) is 2. The minimum absolute atomic E-state index is 0.159. The number of carbonyl (C=O) groups excluding carboxylic acids is 2. The first-order chi connectivity index (χ1) is 12.5. The van der Waals surface area contributed by atoms with Crippen LogP contribution in [0.4, 0.5) is 10.5 Å². The Hall–Kier alpha value is -3.35. The van der Waals surface area contributed by atoms with Crippen LogP contribution in [0.1, 0.15) is 11.5 Å². The first-order valence-corrected chi connectivity index (χ1v) is 8.34.